The van der Waals surface area contributed by atoms with Crippen LogP contribution in [0, 0.1) is 0 Å². The molecule has 2 rings (SSSR count). The second-order valence-corrected chi connectivity index (χ2v) is 8.18. The fraction of sp³-hybridized carbons (Fsp3) is 0.412. The number of rotatable bonds is 7. The van der Waals surface area contributed by atoms with Crippen LogP contribution >= 0.6 is 0 Å². The van der Waals surface area contributed by atoms with Crippen LogP contribution in [0.15, 0.2) is 46.2 Å². The van der Waals surface area contributed by atoms with Gasteiger partial charge in [-0.15, -0.1) is 0 Å². The molecule has 0 saturated heterocycles. The quantitative estimate of drug-likeness (QED) is 0.597. The highest BCUT2D eigenvalue weighted by molar-refractivity contribution is 7.89. The zero-order chi connectivity index (χ0) is 18.5. The molecule has 0 fully saturated rings. The summed E-state index contributed by atoms with van der Waals surface area (Å²) in [7, 11) is -3.82. The molecule has 0 aliphatic rings. The molecular weight excluding hydrogens is 344 g/mol. The molecule has 0 aliphatic carbocycles. The van der Waals surface area contributed by atoms with Crippen LogP contribution < -0.4 is 4.72 Å². The molecule has 0 radical (unpaired) electrons. The molecule has 0 saturated carbocycles. The third kappa shape index (κ3) is 5.99. The van der Waals surface area contributed by atoms with Crippen LogP contribution in [0.3, 0.4) is 0 Å². The predicted molar refractivity (Wildman–Crippen MR) is 91.6 cm³/mol. The first-order valence-electron chi connectivity index (χ1n) is 7.87. The minimum absolute atomic E-state index is 0.141. The third-order valence-corrected chi connectivity index (χ3v) is 4.71. The Bertz CT molecular complexity index is 807. The molecule has 0 spiro atoms. The van der Waals surface area contributed by atoms with Gasteiger partial charge in [-0.1, -0.05) is 0 Å². The second kappa shape index (κ2) is 7.79. The molecule has 1 N–H and O–H groups in total. The molecule has 7 nitrogen and oxygen atoms in total. The van der Waals surface area contributed by atoms with Crippen molar-refractivity contribution in [2.75, 3.05) is 6.61 Å². The Morgan fingerprint density at radius 1 is 1.20 bits per heavy atom. The van der Waals surface area contributed by atoms with Gasteiger partial charge in [-0.3, -0.25) is 4.98 Å². The van der Waals surface area contributed by atoms with Crippen molar-refractivity contribution in [1.82, 2.24) is 9.71 Å². The van der Waals surface area contributed by atoms with Crippen molar-refractivity contribution in [3.63, 3.8) is 0 Å². The minimum Gasteiger partial charge on any atom is -0.460 e. The number of nitrogens with one attached hydrogen (secondary N) is 1. The van der Waals surface area contributed by atoms with Crippen LogP contribution in [0.25, 0.3) is 0 Å². The number of hydrogen-bond donors (Lipinski definition) is 1. The smallest absolute Gasteiger partial charge is 0.374 e. The summed E-state index contributed by atoms with van der Waals surface area (Å²) < 4.78 is 37.0. The summed E-state index contributed by atoms with van der Waals surface area (Å²) in [6.07, 6.45) is 4.81. The Morgan fingerprint density at radius 3 is 2.52 bits per heavy atom. The van der Waals surface area contributed by atoms with E-state index in [-0.39, 0.29) is 17.5 Å². The zero-order valence-electron chi connectivity index (χ0n) is 14.5. The van der Waals surface area contributed by atoms with Gasteiger partial charge in [0, 0.05) is 17.9 Å². The maximum Gasteiger partial charge on any atom is 0.374 e. The van der Waals surface area contributed by atoms with Crippen molar-refractivity contribution in [3.05, 3.63) is 48.0 Å². The number of carbonyl (C=O) groups excluding carboxylic acids is 1. The average Bonchev–Trinajstić information content (AvgIpc) is 3.01. The molecule has 136 valence electrons. The molecule has 8 heteroatoms. The fourth-order valence-corrected chi connectivity index (χ4v) is 3.44. The highest BCUT2D eigenvalue weighted by Gasteiger charge is 2.26. The van der Waals surface area contributed by atoms with Gasteiger partial charge in [0.05, 0.1) is 6.61 Å². The van der Waals surface area contributed by atoms with Crippen molar-refractivity contribution in [1.29, 1.82) is 0 Å². The fourth-order valence-electron chi connectivity index (χ4n) is 2.09. The topological polar surface area (TPSA) is 98.5 Å². The Hall–Kier alpha value is -2.19. The number of carbonyl (C=O) groups is 1. The van der Waals surface area contributed by atoms with E-state index < -0.39 is 21.5 Å². The first-order valence-corrected chi connectivity index (χ1v) is 9.35. The zero-order valence-corrected chi connectivity index (χ0v) is 15.3. The summed E-state index contributed by atoms with van der Waals surface area (Å²) in [5.74, 6) is -0.829. The Balaban J connectivity index is 1.88. The summed E-state index contributed by atoms with van der Waals surface area (Å²) in [4.78, 5) is 15.9. The van der Waals surface area contributed by atoms with Gasteiger partial charge in [-0.25, -0.2) is 17.9 Å². The van der Waals surface area contributed by atoms with Crippen molar-refractivity contribution in [3.8, 4) is 0 Å². The average molecular weight is 366 g/mol. The molecule has 0 amide bonds. The van der Waals surface area contributed by atoms with Gasteiger partial charge in [0.25, 0.3) is 10.0 Å². The molecule has 0 aromatic carbocycles. The van der Waals surface area contributed by atoms with Gasteiger partial charge in [-0.2, -0.15) is 0 Å². The number of furan rings is 1. The number of hydrogen-bond acceptors (Lipinski definition) is 6. The first kappa shape index (κ1) is 19.1. The van der Waals surface area contributed by atoms with Gasteiger partial charge in [0.2, 0.25) is 10.9 Å². The molecule has 0 unspecified atom stereocenters. The van der Waals surface area contributed by atoms with Gasteiger partial charge in [0.1, 0.15) is 0 Å². The summed E-state index contributed by atoms with van der Waals surface area (Å²) in [5, 5.41) is -0.314. The Morgan fingerprint density at radius 2 is 1.88 bits per heavy atom. The second-order valence-electron chi connectivity index (χ2n) is 6.57. The number of pyridine rings is 1. The number of sulfonamides is 1. The van der Waals surface area contributed by atoms with E-state index in [0.717, 1.165) is 12.0 Å². The number of nitrogens with zero attached hydrogens (tertiary/aromatic N) is 1. The van der Waals surface area contributed by atoms with Crippen LogP contribution in [-0.4, -0.2) is 31.5 Å². The Labute approximate surface area is 147 Å². The lowest BCUT2D eigenvalue weighted by atomic mass is 10.1. The summed E-state index contributed by atoms with van der Waals surface area (Å²) >= 11 is 0. The summed E-state index contributed by atoms with van der Waals surface area (Å²) in [6.45, 7) is 5.35. The van der Waals surface area contributed by atoms with E-state index in [2.05, 4.69) is 9.71 Å². The van der Waals surface area contributed by atoms with E-state index in [1.807, 2.05) is 12.1 Å². The maximum absolute atomic E-state index is 12.1. The standard InChI is InChI=1S/C17H22N2O5S/c1-17(2,3)19-25(21,22)15-7-6-14(24-15)16(20)23-12-4-5-13-8-10-18-11-9-13/h6-11,19H,4-5,12H2,1-3H3. The highest BCUT2D eigenvalue weighted by Crippen LogP contribution is 2.17. The number of aromatic nitrogens is 1. The van der Waals surface area contributed by atoms with Crippen LogP contribution in [0.4, 0.5) is 0 Å². The van der Waals surface area contributed by atoms with Crippen molar-refractivity contribution < 1.29 is 22.4 Å². The van der Waals surface area contributed by atoms with E-state index in [1.165, 1.54) is 12.1 Å². The van der Waals surface area contributed by atoms with E-state index in [0.29, 0.717) is 6.42 Å². The monoisotopic (exact) mass is 366 g/mol. The number of esters is 1. The molecule has 2 aromatic rings. The van der Waals surface area contributed by atoms with E-state index >= 15 is 0 Å². The van der Waals surface area contributed by atoms with Crippen LogP contribution in [0.2, 0.25) is 0 Å². The van der Waals surface area contributed by atoms with Gasteiger partial charge >= 0.3 is 5.97 Å². The maximum atomic E-state index is 12.1. The van der Waals surface area contributed by atoms with Gasteiger partial charge in [0.15, 0.2) is 0 Å². The predicted octanol–water partition coefficient (Wildman–Crippen LogP) is 2.54. The SMILES string of the molecule is CC(C)(C)NS(=O)(=O)c1ccc(C(=O)OCCCc2ccncc2)o1. The summed E-state index contributed by atoms with van der Waals surface area (Å²) in [5.41, 5.74) is 0.449. The lowest BCUT2D eigenvalue weighted by Gasteiger charge is -2.18. The molecule has 25 heavy (non-hydrogen) atoms. The lowest BCUT2D eigenvalue weighted by molar-refractivity contribution is 0.0458. The van der Waals surface area contributed by atoms with Crippen LogP contribution in [-0.2, 0) is 21.2 Å². The first-order chi connectivity index (χ1) is 11.7. The Kier molecular flexibility index (Phi) is 5.97. The minimum atomic E-state index is -3.82. The van der Waals surface area contributed by atoms with Crippen LogP contribution in [0.5, 0.6) is 0 Å². The summed E-state index contributed by atoms with van der Waals surface area (Å²) in [6, 6.07) is 6.32. The van der Waals surface area contributed by atoms with Crippen LogP contribution in [0.1, 0.15) is 43.3 Å². The molecular formula is C17H22N2O5S. The van der Waals surface area contributed by atoms with Crippen molar-refractivity contribution >= 4 is 16.0 Å². The normalized spacial score (nSPS) is 12.1. The molecule has 2 heterocycles. The number of aryl methyl sites for hydroxylation is 1. The largest absolute Gasteiger partial charge is 0.460 e. The van der Waals surface area contributed by atoms with Gasteiger partial charge in [-0.05, 0) is 63.4 Å². The van der Waals surface area contributed by atoms with E-state index in [9.17, 15) is 13.2 Å². The van der Waals surface area contributed by atoms with Crippen molar-refractivity contribution in [2.24, 2.45) is 0 Å². The third-order valence-electron chi connectivity index (χ3n) is 3.08. The molecule has 0 aliphatic heterocycles. The molecule has 2 aromatic heterocycles. The highest BCUT2D eigenvalue weighted by atomic mass is 32.2. The van der Waals surface area contributed by atoms with Gasteiger partial charge < -0.3 is 9.15 Å². The van der Waals surface area contributed by atoms with Crippen molar-refractivity contribution in [2.45, 2.75) is 44.2 Å². The lowest BCUT2D eigenvalue weighted by Crippen LogP contribution is -2.40. The van der Waals surface area contributed by atoms with E-state index in [4.69, 9.17) is 9.15 Å². The molecule has 0 atom stereocenters. The number of ether oxygens (including phenoxy) is 1. The molecule has 0 bridgehead atoms. The van der Waals surface area contributed by atoms with E-state index in [1.54, 1.807) is 33.2 Å².